The molecule has 2 saturated heterocycles. The number of likely N-dealkylation sites (tertiary alicyclic amines) is 1. The van der Waals surface area contributed by atoms with Crippen LogP contribution in [0.3, 0.4) is 0 Å². The first-order chi connectivity index (χ1) is 7.24. The minimum atomic E-state index is 0.292. The molecule has 2 heterocycles. The Morgan fingerprint density at radius 3 is 2.20 bits per heavy atom. The zero-order chi connectivity index (χ0) is 11.1. The summed E-state index contributed by atoms with van der Waals surface area (Å²) in [7, 11) is 1.84. The third-order valence-corrected chi connectivity index (χ3v) is 2.50. The maximum atomic E-state index is 10.5. The van der Waals surface area contributed by atoms with Crippen molar-refractivity contribution in [2.75, 3.05) is 39.9 Å². The van der Waals surface area contributed by atoms with E-state index in [4.69, 9.17) is 4.74 Å². The van der Waals surface area contributed by atoms with Gasteiger partial charge in [0.1, 0.15) is 0 Å². The van der Waals surface area contributed by atoms with Crippen LogP contribution >= 0.6 is 0 Å². The van der Waals surface area contributed by atoms with Gasteiger partial charge in [0.15, 0.2) is 0 Å². The number of carbonyl (C=O) groups is 2. The SMILES string of the molecule is CN1CCCC1=O.O=CN1CCOCC1. The van der Waals surface area contributed by atoms with E-state index < -0.39 is 0 Å². The highest BCUT2D eigenvalue weighted by Gasteiger charge is 2.14. The molecule has 2 aliphatic heterocycles. The average Bonchev–Trinajstić information content (AvgIpc) is 2.65. The fraction of sp³-hybridized carbons (Fsp3) is 0.800. The summed E-state index contributed by atoms with van der Waals surface area (Å²) in [6, 6.07) is 0. The smallest absolute Gasteiger partial charge is 0.222 e. The molecule has 0 unspecified atom stereocenters. The quantitative estimate of drug-likeness (QED) is 0.564. The highest BCUT2D eigenvalue weighted by Crippen LogP contribution is 2.04. The van der Waals surface area contributed by atoms with Crippen LogP contribution in [0, 0.1) is 0 Å². The molecule has 0 spiro atoms. The van der Waals surface area contributed by atoms with Crippen LogP contribution in [0.25, 0.3) is 0 Å². The minimum absolute atomic E-state index is 0.292. The molecule has 0 aromatic rings. The van der Waals surface area contributed by atoms with E-state index in [2.05, 4.69) is 0 Å². The van der Waals surface area contributed by atoms with Gasteiger partial charge >= 0.3 is 0 Å². The van der Waals surface area contributed by atoms with Crippen molar-refractivity contribution in [2.24, 2.45) is 0 Å². The number of carbonyl (C=O) groups excluding carboxylic acids is 2. The molecule has 2 aliphatic rings. The molecule has 2 rings (SSSR count). The summed E-state index contributed by atoms with van der Waals surface area (Å²) in [5, 5.41) is 0. The molecular formula is C10H18N2O3. The minimum Gasteiger partial charge on any atom is -0.378 e. The van der Waals surface area contributed by atoms with Crippen LogP contribution in [-0.4, -0.2) is 62.0 Å². The number of rotatable bonds is 1. The molecule has 0 bridgehead atoms. The van der Waals surface area contributed by atoms with Crippen LogP contribution < -0.4 is 0 Å². The van der Waals surface area contributed by atoms with Crippen molar-refractivity contribution in [1.29, 1.82) is 0 Å². The van der Waals surface area contributed by atoms with Crippen LogP contribution in [0.5, 0.6) is 0 Å². The second kappa shape index (κ2) is 6.40. The predicted molar refractivity (Wildman–Crippen MR) is 55.3 cm³/mol. The topological polar surface area (TPSA) is 49.9 Å². The van der Waals surface area contributed by atoms with E-state index in [0.717, 1.165) is 38.9 Å². The van der Waals surface area contributed by atoms with Gasteiger partial charge in [0.25, 0.3) is 0 Å². The lowest BCUT2D eigenvalue weighted by Crippen LogP contribution is -2.34. The standard InChI is InChI=1S/C5H9NO2.C5H9NO/c7-5-6-1-3-8-4-2-6;1-6-4-2-3-5(6)7/h5H,1-4H2;2-4H2,1H3. The molecule has 0 radical (unpaired) electrons. The van der Waals surface area contributed by atoms with Crippen molar-refractivity contribution in [3.8, 4) is 0 Å². The summed E-state index contributed by atoms with van der Waals surface area (Å²) in [6.45, 7) is 3.85. The predicted octanol–water partition coefficient (Wildman–Crippen LogP) is -0.286. The maximum absolute atomic E-state index is 10.5. The van der Waals surface area contributed by atoms with E-state index in [1.165, 1.54) is 0 Å². The number of nitrogens with zero attached hydrogens (tertiary/aromatic N) is 2. The van der Waals surface area contributed by atoms with Crippen molar-refractivity contribution < 1.29 is 14.3 Å². The van der Waals surface area contributed by atoms with Gasteiger partial charge in [-0.3, -0.25) is 9.59 Å². The third-order valence-electron chi connectivity index (χ3n) is 2.50. The number of hydrogen-bond donors (Lipinski definition) is 0. The van der Waals surface area contributed by atoms with Crippen LogP contribution in [0.15, 0.2) is 0 Å². The van der Waals surface area contributed by atoms with E-state index in [1.807, 2.05) is 7.05 Å². The highest BCUT2D eigenvalue weighted by molar-refractivity contribution is 5.77. The molecule has 0 atom stereocenters. The molecule has 15 heavy (non-hydrogen) atoms. The molecule has 0 saturated carbocycles. The molecule has 0 aromatic carbocycles. The molecule has 5 nitrogen and oxygen atoms in total. The van der Waals surface area contributed by atoms with Gasteiger partial charge in [0.2, 0.25) is 12.3 Å². The summed E-state index contributed by atoms with van der Waals surface area (Å²) in [4.78, 5) is 24.0. The van der Waals surface area contributed by atoms with Crippen molar-refractivity contribution in [1.82, 2.24) is 9.80 Å². The first-order valence-electron chi connectivity index (χ1n) is 5.25. The average molecular weight is 214 g/mol. The van der Waals surface area contributed by atoms with E-state index in [1.54, 1.807) is 9.80 Å². The van der Waals surface area contributed by atoms with Crippen molar-refractivity contribution in [2.45, 2.75) is 12.8 Å². The Balaban J connectivity index is 0.000000151. The third kappa shape index (κ3) is 4.29. The Bertz CT molecular complexity index is 215. The molecule has 2 fully saturated rings. The van der Waals surface area contributed by atoms with Crippen LogP contribution in [0.1, 0.15) is 12.8 Å². The van der Waals surface area contributed by atoms with Crippen molar-refractivity contribution in [3.63, 3.8) is 0 Å². The molecule has 5 heteroatoms. The molecule has 0 aliphatic carbocycles. The Kier molecular flexibility index (Phi) is 5.10. The number of amides is 2. The van der Waals surface area contributed by atoms with Crippen molar-refractivity contribution >= 4 is 12.3 Å². The fourth-order valence-electron chi connectivity index (χ4n) is 1.47. The summed E-state index contributed by atoms with van der Waals surface area (Å²) < 4.78 is 5.00. The van der Waals surface area contributed by atoms with Crippen molar-refractivity contribution in [3.05, 3.63) is 0 Å². The van der Waals surface area contributed by atoms with E-state index in [9.17, 15) is 9.59 Å². The van der Waals surface area contributed by atoms with Gasteiger partial charge in [0.05, 0.1) is 13.2 Å². The van der Waals surface area contributed by atoms with E-state index in [-0.39, 0.29) is 0 Å². The monoisotopic (exact) mass is 214 g/mol. The van der Waals surface area contributed by atoms with Gasteiger partial charge in [-0.2, -0.15) is 0 Å². The van der Waals surface area contributed by atoms with Gasteiger partial charge in [-0.15, -0.1) is 0 Å². The summed E-state index contributed by atoms with van der Waals surface area (Å²) in [6.07, 6.45) is 2.67. The summed E-state index contributed by atoms with van der Waals surface area (Å²) >= 11 is 0. The Morgan fingerprint density at radius 2 is 1.93 bits per heavy atom. The van der Waals surface area contributed by atoms with E-state index in [0.29, 0.717) is 19.1 Å². The lowest BCUT2D eigenvalue weighted by molar-refractivity contribution is -0.126. The van der Waals surface area contributed by atoms with Gasteiger partial charge in [0, 0.05) is 33.1 Å². The number of ether oxygens (including phenoxy) is 1. The second-order valence-corrected chi connectivity index (χ2v) is 3.67. The molecule has 0 aromatic heterocycles. The summed E-state index contributed by atoms with van der Waals surface area (Å²) in [5.74, 6) is 0.292. The largest absolute Gasteiger partial charge is 0.378 e. The summed E-state index contributed by atoms with van der Waals surface area (Å²) in [5.41, 5.74) is 0. The first kappa shape index (κ1) is 12.0. The second-order valence-electron chi connectivity index (χ2n) is 3.67. The molecule has 86 valence electrons. The molecule has 2 amide bonds. The number of morpholine rings is 1. The zero-order valence-corrected chi connectivity index (χ0v) is 9.15. The maximum Gasteiger partial charge on any atom is 0.222 e. The van der Waals surface area contributed by atoms with Crippen LogP contribution in [-0.2, 0) is 14.3 Å². The van der Waals surface area contributed by atoms with Gasteiger partial charge in [-0.25, -0.2) is 0 Å². The van der Waals surface area contributed by atoms with Gasteiger partial charge < -0.3 is 14.5 Å². The highest BCUT2D eigenvalue weighted by atomic mass is 16.5. The van der Waals surface area contributed by atoms with Gasteiger partial charge in [-0.05, 0) is 6.42 Å². The van der Waals surface area contributed by atoms with Crippen LogP contribution in [0.2, 0.25) is 0 Å². The van der Waals surface area contributed by atoms with Gasteiger partial charge in [-0.1, -0.05) is 0 Å². The Morgan fingerprint density at radius 1 is 1.27 bits per heavy atom. The molecular weight excluding hydrogens is 196 g/mol. The lowest BCUT2D eigenvalue weighted by Gasteiger charge is -2.21. The normalized spacial score (nSPS) is 21.0. The lowest BCUT2D eigenvalue weighted by atomic mass is 10.4. The fourth-order valence-corrected chi connectivity index (χ4v) is 1.47. The van der Waals surface area contributed by atoms with Crippen LogP contribution in [0.4, 0.5) is 0 Å². The first-order valence-corrected chi connectivity index (χ1v) is 5.25. The molecule has 0 N–H and O–H groups in total. The van der Waals surface area contributed by atoms with E-state index >= 15 is 0 Å². The Hall–Kier alpha value is -1.10. The number of hydrogen-bond acceptors (Lipinski definition) is 3. The zero-order valence-electron chi connectivity index (χ0n) is 9.15. The Labute approximate surface area is 90.0 Å².